The second kappa shape index (κ2) is 8.97. The summed E-state index contributed by atoms with van der Waals surface area (Å²) in [4.78, 5) is 19.0. The number of carbonyl (C=O) groups is 1. The zero-order valence-electron chi connectivity index (χ0n) is 15.9. The van der Waals surface area contributed by atoms with Crippen LogP contribution in [0.25, 0.3) is 11.3 Å². The molecule has 2 aromatic heterocycles. The molecule has 2 heterocycles. The molecule has 5 heteroatoms. The van der Waals surface area contributed by atoms with Crippen LogP contribution in [0.15, 0.2) is 95.8 Å². The molecule has 29 heavy (non-hydrogen) atoms. The highest BCUT2D eigenvalue weighted by molar-refractivity contribution is 5.93. The van der Waals surface area contributed by atoms with E-state index in [1.54, 1.807) is 18.5 Å². The first-order valence-corrected chi connectivity index (χ1v) is 9.54. The van der Waals surface area contributed by atoms with Crippen molar-refractivity contribution in [1.29, 1.82) is 0 Å². The van der Waals surface area contributed by atoms with Crippen molar-refractivity contribution in [3.05, 3.63) is 108 Å². The summed E-state index contributed by atoms with van der Waals surface area (Å²) in [5.41, 5.74) is 3.41. The summed E-state index contributed by atoms with van der Waals surface area (Å²) in [7, 11) is 0. The van der Waals surface area contributed by atoms with Crippen molar-refractivity contribution < 1.29 is 9.32 Å². The second-order valence-corrected chi connectivity index (χ2v) is 6.76. The third-order valence-electron chi connectivity index (χ3n) is 4.71. The average molecular weight is 383 g/mol. The average Bonchev–Trinajstić information content (AvgIpc) is 3.28. The number of hydrogen-bond donors (Lipinski definition) is 0. The van der Waals surface area contributed by atoms with Gasteiger partial charge in [0.05, 0.1) is 0 Å². The van der Waals surface area contributed by atoms with Crippen molar-refractivity contribution in [3.8, 4) is 11.3 Å². The van der Waals surface area contributed by atoms with Crippen LogP contribution >= 0.6 is 0 Å². The molecule has 5 nitrogen and oxygen atoms in total. The van der Waals surface area contributed by atoms with E-state index >= 15 is 0 Å². The van der Waals surface area contributed by atoms with Gasteiger partial charge in [0.25, 0.3) is 5.91 Å². The Morgan fingerprint density at radius 3 is 2.21 bits per heavy atom. The third kappa shape index (κ3) is 4.76. The highest BCUT2D eigenvalue weighted by Crippen LogP contribution is 2.20. The Morgan fingerprint density at radius 1 is 0.862 bits per heavy atom. The van der Waals surface area contributed by atoms with E-state index < -0.39 is 0 Å². The normalized spacial score (nSPS) is 10.6. The Hall–Kier alpha value is -3.73. The Bertz CT molecular complexity index is 1050. The van der Waals surface area contributed by atoms with Gasteiger partial charge in [-0.3, -0.25) is 9.78 Å². The maximum atomic E-state index is 13.2. The number of rotatable bonds is 7. The molecule has 0 saturated heterocycles. The van der Waals surface area contributed by atoms with Crippen LogP contribution in [0.1, 0.15) is 21.6 Å². The Labute approximate surface area is 169 Å². The largest absolute Gasteiger partial charge is 0.355 e. The van der Waals surface area contributed by atoms with Crippen LogP contribution in [0.3, 0.4) is 0 Å². The quantitative estimate of drug-likeness (QED) is 0.467. The molecule has 0 fully saturated rings. The SMILES string of the molecule is O=C(c1cc(-c2ccncc2)on1)N(CCc1ccccc1)Cc1ccccc1. The predicted octanol–water partition coefficient (Wildman–Crippen LogP) is 4.62. The van der Waals surface area contributed by atoms with Crippen molar-refractivity contribution in [1.82, 2.24) is 15.0 Å². The van der Waals surface area contributed by atoms with E-state index in [1.807, 2.05) is 65.6 Å². The molecular weight excluding hydrogens is 362 g/mol. The van der Waals surface area contributed by atoms with Crippen molar-refractivity contribution in [2.75, 3.05) is 6.54 Å². The van der Waals surface area contributed by atoms with Gasteiger partial charge in [0.2, 0.25) is 0 Å². The molecule has 0 N–H and O–H groups in total. The first-order chi connectivity index (χ1) is 14.3. The lowest BCUT2D eigenvalue weighted by Gasteiger charge is -2.22. The zero-order valence-corrected chi connectivity index (χ0v) is 15.9. The molecule has 144 valence electrons. The Balaban J connectivity index is 1.54. The molecule has 0 aliphatic heterocycles. The van der Waals surface area contributed by atoms with Crippen LogP contribution in [0.5, 0.6) is 0 Å². The van der Waals surface area contributed by atoms with Gasteiger partial charge in [0, 0.05) is 37.1 Å². The number of benzene rings is 2. The molecule has 0 bridgehead atoms. The first-order valence-electron chi connectivity index (χ1n) is 9.54. The van der Waals surface area contributed by atoms with Crippen LogP contribution < -0.4 is 0 Å². The molecule has 1 amide bonds. The van der Waals surface area contributed by atoms with Gasteiger partial charge in [0.15, 0.2) is 11.5 Å². The lowest BCUT2D eigenvalue weighted by Crippen LogP contribution is -2.32. The van der Waals surface area contributed by atoms with Gasteiger partial charge in [-0.1, -0.05) is 65.8 Å². The fourth-order valence-corrected chi connectivity index (χ4v) is 3.16. The minimum absolute atomic E-state index is 0.145. The lowest BCUT2D eigenvalue weighted by atomic mass is 10.1. The topological polar surface area (TPSA) is 59.2 Å². The number of amides is 1. The standard InChI is InChI=1S/C24H21N3O2/c28-24(22-17-23(29-26-22)21-11-14-25-15-12-21)27(18-20-9-5-2-6-10-20)16-13-19-7-3-1-4-8-19/h1-12,14-15,17H,13,16,18H2. The van der Waals surface area contributed by atoms with Gasteiger partial charge in [-0.25, -0.2) is 0 Å². The van der Waals surface area contributed by atoms with Crippen LogP contribution in [0.4, 0.5) is 0 Å². The van der Waals surface area contributed by atoms with Crippen LogP contribution in [0.2, 0.25) is 0 Å². The van der Waals surface area contributed by atoms with Crippen LogP contribution in [-0.2, 0) is 13.0 Å². The van der Waals surface area contributed by atoms with E-state index in [1.165, 1.54) is 5.56 Å². The van der Waals surface area contributed by atoms with Gasteiger partial charge in [-0.15, -0.1) is 0 Å². The van der Waals surface area contributed by atoms with Crippen molar-refractivity contribution >= 4 is 5.91 Å². The third-order valence-corrected chi connectivity index (χ3v) is 4.71. The smallest absolute Gasteiger partial charge is 0.276 e. The highest BCUT2D eigenvalue weighted by Gasteiger charge is 2.21. The first kappa shape index (κ1) is 18.6. The predicted molar refractivity (Wildman–Crippen MR) is 111 cm³/mol. The van der Waals surface area contributed by atoms with Crippen LogP contribution in [0, 0.1) is 0 Å². The molecule has 0 aliphatic carbocycles. The highest BCUT2D eigenvalue weighted by atomic mass is 16.5. The van der Waals surface area contributed by atoms with Gasteiger partial charge < -0.3 is 9.42 Å². The maximum Gasteiger partial charge on any atom is 0.276 e. The molecule has 0 saturated carbocycles. The van der Waals surface area contributed by atoms with Gasteiger partial charge in [-0.05, 0) is 29.7 Å². The van der Waals surface area contributed by atoms with Crippen molar-refractivity contribution in [3.63, 3.8) is 0 Å². The van der Waals surface area contributed by atoms with E-state index in [4.69, 9.17) is 4.52 Å². The van der Waals surface area contributed by atoms with E-state index in [-0.39, 0.29) is 5.91 Å². The fourth-order valence-electron chi connectivity index (χ4n) is 3.16. The van der Waals surface area contributed by atoms with E-state index in [0.717, 1.165) is 17.5 Å². The van der Waals surface area contributed by atoms with Crippen molar-refractivity contribution in [2.45, 2.75) is 13.0 Å². The molecule has 0 spiro atoms. The van der Waals surface area contributed by atoms with E-state index in [0.29, 0.717) is 24.5 Å². The maximum absolute atomic E-state index is 13.2. The minimum atomic E-state index is -0.145. The summed E-state index contributed by atoms with van der Waals surface area (Å²) in [5.74, 6) is 0.410. The molecule has 0 radical (unpaired) electrons. The molecule has 2 aromatic carbocycles. The number of nitrogens with zero attached hydrogens (tertiary/aromatic N) is 3. The second-order valence-electron chi connectivity index (χ2n) is 6.76. The fraction of sp³-hybridized carbons (Fsp3) is 0.125. The molecule has 4 aromatic rings. The lowest BCUT2D eigenvalue weighted by molar-refractivity contribution is 0.0734. The summed E-state index contributed by atoms with van der Waals surface area (Å²) in [6.45, 7) is 1.11. The molecular formula is C24H21N3O2. The van der Waals surface area contributed by atoms with Gasteiger partial charge in [-0.2, -0.15) is 0 Å². The molecule has 4 rings (SSSR count). The monoisotopic (exact) mass is 383 g/mol. The molecule has 0 atom stereocenters. The van der Waals surface area contributed by atoms with E-state index in [2.05, 4.69) is 22.3 Å². The number of hydrogen-bond acceptors (Lipinski definition) is 4. The summed E-state index contributed by atoms with van der Waals surface area (Å²) < 4.78 is 5.41. The summed E-state index contributed by atoms with van der Waals surface area (Å²) in [6.07, 6.45) is 4.14. The minimum Gasteiger partial charge on any atom is -0.355 e. The van der Waals surface area contributed by atoms with E-state index in [9.17, 15) is 4.79 Å². The number of pyridine rings is 1. The summed E-state index contributed by atoms with van der Waals surface area (Å²) in [6, 6.07) is 25.5. The van der Waals surface area contributed by atoms with Gasteiger partial charge in [0.1, 0.15) is 0 Å². The number of aromatic nitrogens is 2. The Kier molecular flexibility index (Phi) is 5.76. The summed E-state index contributed by atoms with van der Waals surface area (Å²) in [5, 5.41) is 4.02. The summed E-state index contributed by atoms with van der Waals surface area (Å²) >= 11 is 0. The molecule has 0 unspecified atom stereocenters. The van der Waals surface area contributed by atoms with Crippen molar-refractivity contribution in [2.24, 2.45) is 0 Å². The molecule has 0 aliphatic rings. The van der Waals surface area contributed by atoms with Crippen LogP contribution in [-0.4, -0.2) is 27.5 Å². The zero-order chi connectivity index (χ0) is 19.9. The Morgan fingerprint density at radius 2 is 1.52 bits per heavy atom. The number of carbonyl (C=O) groups excluding carboxylic acids is 1. The van der Waals surface area contributed by atoms with Gasteiger partial charge >= 0.3 is 0 Å².